The zero-order valence-corrected chi connectivity index (χ0v) is 15.2. The van der Waals surface area contributed by atoms with E-state index >= 15 is 0 Å². The fraction of sp³-hybridized carbons (Fsp3) is 0.125. The predicted molar refractivity (Wildman–Crippen MR) is 91.0 cm³/mol. The summed E-state index contributed by atoms with van der Waals surface area (Å²) in [6.45, 7) is 1.65. The Morgan fingerprint density at radius 1 is 1.28 bits per heavy atom. The van der Waals surface area contributed by atoms with Crippen LogP contribution in [-0.2, 0) is 8.53 Å². The molecular formula is C16H16AsN3O5. The Bertz CT molecular complexity index is 962. The number of amides is 1. The van der Waals surface area contributed by atoms with Gasteiger partial charge in [-0.2, -0.15) is 0 Å². The zero-order valence-electron chi connectivity index (χ0n) is 13.3. The molecule has 25 heavy (non-hydrogen) atoms. The molecular weight excluding hydrogens is 389 g/mol. The fourth-order valence-electron chi connectivity index (χ4n) is 2.30. The Balaban J connectivity index is 1.63. The van der Waals surface area contributed by atoms with Crippen LogP contribution in [-0.4, -0.2) is 44.3 Å². The average Bonchev–Trinajstić information content (AvgIpc) is 2.93. The van der Waals surface area contributed by atoms with E-state index in [1.807, 2.05) is 23.7 Å². The minimum absolute atomic E-state index is 0.0475. The van der Waals surface area contributed by atoms with E-state index in [9.17, 15) is 8.53 Å². The van der Waals surface area contributed by atoms with Crippen molar-refractivity contribution < 1.29 is 21.5 Å². The van der Waals surface area contributed by atoms with Crippen LogP contribution in [0.1, 0.15) is 5.69 Å². The molecule has 0 saturated heterocycles. The second-order valence-electron chi connectivity index (χ2n) is 5.41. The number of anilines is 1. The van der Waals surface area contributed by atoms with Gasteiger partial charge in [-0.15, -0.1) is 0 Å². The first-order chi connectivity index (χ1) is 11.8. The summed E-state index contributed by atoms with van der Waals surface area (Å²) in [7, 11) is 0. The monoisotopic (exact) mass is 405 g/mol. The molecule has 8 nitrogen and oxygen atoms in total. The number of benzene rings is 1. The molecule has 0 saturated carbocycles. The number of aryl methyl sites for hydroxylation is 1. The van der Waals surface area contributed by atoms with Gasteiger partial charge in [-0.05, 0) is 6.92 Å². The van der Waals surface area contributed by atoms with Crippen molar-refractivity contribution in [1.29, 1.82) is 0 Å². The van der Waals surface area contributed by atoms with Crippen LogP contribution >= 0.6 is 0 Å². The molecule has 3 aromatic rings. The van der Waals surface area contributed by atoms with Crippen molar-refractivity contribution in [1.82, 2.24) is 9.38 Å². The number of hydrogen-bond donors (Lipinski definition) is 3. The van der Waals surface area contributed by atoms with Crippen LogP contribution in [0.25, 0.3) is 5.65 Å². The van der Waals surface area contributed by atoms with Crippen LogP contribution in [0.2, 0.25) is 0 Å². The number of imidazole rings is 1. The van der Waals surface area contributed by atoms with Gasteiger partial charge in [0, 0.05) is 0 Å². The number of carbonyl (C=O) groups is 1. The first-order valence-corrected chi connectivity index (χ1v) is 10.7. The van der Waals surface area contributed by atoms with Gasteiger partial charge in [-0.1, -0.05) is 0 Å². The van der Waals surface area contributed by atoms with Gasteiger partial charge in [-0.25, -0.2) is 0 Å². The third kappa shape index (κ3) is 4.11. The number of ether oxygens (including phenoxy) is 1. The van der Waals surface area contributed by atoms with Crippen LogP contribution in [0.3, 0.4) is 0 Å². The molecule has 2 heterocycles. The molecule has 0 spiro atoms. The van der Waals surface area contributed by atoms with Crippen molar-refractivity contribution in [2.24, 2.45) is 0 Å². The fourth-order valence-corrected chi connectivity index (χ4v) is 3.43. The predicted octanol–water partition coefficient (Wildman–Crippen LogP) is 0.221. The van der Waals surface area contributed by atoms with Crippen molar-refractivity contribution in [3.8, 4) is 5.75 Å². The normalized spacial score (nSPS) is 11.5. The van der Waals surface area contributed by atoms with Crippen molar-refractivity contribution in [2.45, 2.75) is 6.92 Å². The molecule has 0 aliphatic rings. The van der Waals surface area contributed by atoms with Crippen molar-refractivity contribution >= 4 is 35.8 Å². The zero-order chi connectivity index (χ0) is 18.0. The molecule has 0 radical (unpaired) electrons. The van der Waals surface area contributed by atoms with Crippen LogP contribution < -0.4 is 14.4 Å². The summed E-state index contributed by atoms with van der Waals surface area (Å²) in [5, 5.41) is 2.61. The van der Waals surface area contributed by atoms with Crippen molar-refractivity contribution in [2.75, 3.05) is 11.9 Å². The third-order valence-corrected chi connectivity index (χ3v) is 5.45. The third-order valence-electron chi connectivity index (χ3n) is 3.41. The number of carbonyl (C=O) groups excluding carboxylic acids is 1. The average molecular weight is 405 g/mol. The molecule has 9 heteroatoms. The van der Waals surface area contributed by atoms with E-state index in [-0.39, 0.29) is 16.9 Å². The van der Waals surface area contributed by atoms with E-state index in [1.165, 1.54) is 24.3 Å². The Morgan fingerprint density at radius 2 is 2.00 bits per heavy atom. The Morgan fingerprint density at radius 3 is 2.68 bits per heavy atom. The van der Waals surface area contributed by atoms with Gasteiger partial charge < -0.3 is 0 Å². The van der Waals surface area contributed by atoms with E-state index < -0.39 is 14.2 Å². The number of fused-ring (bicyclic) bond motifs is 1. The second kappa shape index (κ2) is 6.76. The number of hydrogen-bond acceptors (Lipinski definition) is 4. The number of pyridine rings is 1. The molecule has 0 fully saturated rings. The van der Waals surface area contributed by atoms with Gasteiger partial charge in [0.25, 0.3) is 0 Å². The van der Waals surface area contributed by atoms with Crippen LogP contribution in [0, 0.1) is 6.92 Å². The van der Waals surface area contributed by atoms with Crippen molar-refractivity contribution in [3.05, 3.63) is 54.5 Å². The van der Waals surface area contributed by atoms with Gasteiger partial charge in [0.1, 0.15) is 0 Å². The molecule has 0 unspecified atom stereocenters. The summed E-state index contributed by atoms with van der Waals surface area (Å²) in [5.41, 5.74) is 1.89. The van der Waals surface area contributed by atoms with Gasteiger partial charge in [-0.3, -0.25) is 0 Å². The molecule has 3 N–H and O–H groups in total. The standard InChI is InChI=1S/C16H16AsN3O5/c1-11-9-20-8-2-3-14(16(20)18-11)25-10-15(21)19-13-6-4-12(5-7-13)17(22,23)24/h2-9H,10H2,1H3,(H,19,21)(H2,22,23,24). The van der Waals surface area contributed by atoms with Gasteiger partial charge in [0.05, 0.1) is 0 Å². The first kappa shape index (κ1) is 17.3. The maximum atomic E-state index is 12.0. The molecule has 0 aliphatic carbocycles. The summed E-state index contributed by atoms with van der Waals surface area (Å²) in [5.74, 6) is 0.102. The molecule has 1 amide bonds. The van der Waals surface area contributed by atoms with Gasteiger partial charge in [0.15, 0.2) is 0 Å². The Labute approximate surface area is 146 Å². The van der Waals surface area contributed by atoms with E-state index in [0.29, 0.717) is 17.1 Å². The molecule has 0 aliphatic heterocycles. The van der Waals surface area contributed by atoms with Crippen molar-refractivity contribution in [3.63, 3.8) is 0 Å². The number of nitrogens with zero attached hydrogens (tertiary/aromatic N) is 2. The molecule has 0 bridgehead atoms. The molecule has 1 aromatic carbocycles. The Kier molecular flexibility index (Phi) is 4.67. The second-order valence-corrected chi connectivity index (χ2v) is 8.78. The number of nitrogens with one attached hydrogen (secondary N) is 1. The quantitative estimate of drug-likeness (QED) is 0.524. The van der Waals surface area contributed by atoms with Gasteiger partial charge in [0.2, 0.25) is 0 Å². The minimum atomic E-state index is -4.91. The summed E-state index contributed by atoms with van der Waals surface area (Å²) >= 11 is -4.91. The number of rotatable bonds is 5. The van der Waals surface area contributed by atoms with Crippen LogP contribution in [0.4, 0.5) is 5.69 Å². The first-order valence-electron chi connectivity index (χ1n) is 7.36. The molecule has 130 valence electrons. The van der Waals surface area contributed by atoms with E-state index in [4.69, 9.17) is 12.9 Å². The van der Waals surface area contributed by atoms with Crippen LogP contribution in [0.15, 0.2) is 48.8 Å². The van der Waals surface area contributed by atoms with Gasteiger partial charge >= 0.3 is 139 Å². The Hall–Kier alpha value is -2.54. The summed E-state index contributed by atoms with van der Waals surface area (Å²) in [4.78, 5) is 16.3. The molecule has 2 aromatic heterocycles. The number of aromatic nitrogens is 2. The molecule has 3 rings (SSSR count). The summed E-state index contributed by atoms with van der Waals surface area (Å²) < 4.78 is 36.7. The van der Waals surface area contributed by atoms with E-state index in [1.54, 1.807) is 12.1 Å². The van der Waals surface area contributed by atoms with E-state index in [0.717, 1.165) is 5.69 Å². The van der Waals surface area contributed by atoms with Crippen LogP contribution in [0.5, 0.6) is 5.75 Å². The summed E-state index contributed by atoms with van der Waals surface area (Å²) in [6.07, 6.45) is 3.69. The summed E-state index contributed by atoms with van der Waals surface area (Å²) in [6, 6.07) is 8.99. The SMILES string of the molecule is Cc1cn2cccc(OCC(=O)Nc3ccc([As](=O)(O)O)cc3)c2n1. The topological polar surface area (TPSA) is 113 Å². The van der Waals surface area contributed by atoms with E-state index in [2.05, 4.69) is 10.3 Å². The molecule has 0 atom stereocenters. The maximum absolute atomic E-state index is 12.0.